The maximum Gasteiger partial charge on any atom is 0.210 e. The topological polar surface area (TPSA) is 47.0 Å². The molecule has 0 saturated heterocycles. The lowest BCUT2D eigenvalue weighted by molar-refractivity contribution is 0.415. The van der Waals surface area contributed by atoms with E-state index in [1.165, 1.54) is 11.3 Å². The Labute approximate surface area is 145 Å². The van der Waals surface area contributed by atoms with E-state index in [4.69, 9.17) is 16.3 Å². The Morgan fingerprint density at radius 3 is 2.82 bits per heavy atom. The number of benzene rings is 2. The van der Waals surface area contributed by atoms with Gasteiger partial charge in [-0.3, -0.25) is 0 Å². The van der Waals surface area contributed by atoms with E-state index >= 15 is 0 Å². The van der Waals surface area contributed by atoms with Crippen LogP contribution in [0.5, 0.6) is 5.75 Å². The SMILES string of the molecule is COc1cccc(-c2nnc(Nc3ccc(Br)c(Cl)c3)s2)c1. The molecule has 1 heterocycles. The van der Waals surface area contributed by atoms with Crippen LogP contribution in [-0.4, -0.2) is 17.3 Å². The van der Waals surface area contributed by atoms with Gasteiger partial charge >= 0.3 is 0 Å². The van der Waals surface area contributed by atoms with Gasteiger partial charge in [0.1, 0.15) is 10.8 Å². The van der Waals surface area contributed by atoms with Crippen LogP contribution in [0.4, 0.5) is 10.8 Å². The molecule has 0 radical (unpaired) electrons. The second kappa shape index (κ2) is 6.64. The quantitative estimate of drug-likeness (QED) is 0.644. The standard InChI is InChI=1S/C15H11BrClN3OS/c1-21-11-4-2-3-9(7-11)14-19-20-15(22-14)18-10-5-6-12(16)13(17)8-10/h2-8H,1H3,(H,18,20). The number of hydrogen-bond donors (Lipinski definition) is 1. The van der Waals surface area contributed by atoms with Gasteiger partial charge in [-0.05, 0) is 46.3 Å². The van der Waals surface area contributed by atoms with Gasteiger partial charge in [0.05, 0.1) is 12.1 Å². The van der Waals surface area contributed by atoms with Crippen LogP contribution in [-0.2, 0) is 0 Å². The van der Waals surface area contributed by atoms with Crippen LogP contribution in [0.25, 0.3) is 10.6 Å². The van der Waals surface area contributed by atoms with Gasteiger partial charge in [-0.15, -0.1) is 10.2 Å². The maximum atomic E-state index is 6.08. The van der Waals surface area contributed by atoms with Crippen molar-refractivity contribution in [2.45, 2.75) is 0 Å². The summed E-state index contributed by atoms with van der Waals surface area (Å²) in [6.07, 6.45) is 0. The lowest BCUT2D eigenvalue weighted by Crippen LogP contribution is -1.89. The Bertz CT molecular complexity index is 809. The zero-order valence-electron chi connectivity index (χ0n) is 11.5. The van der Waals surface area contributed by atoms with E-state index in [-0.39, 0.29) is 0 Å². The second-order valence-electron chi connectivity index (χ2n) is 4.40. The van der Waals surface area contributed by atoms with E-state index in [1.807, 2.05) is 42.5 Å². The highest BCUT2D eigenvalue weighted by Gasteiger charge is 2.08. The van der Waals surface area contributed by atoms with Gasteiger partial charge in [-0.25, -0.2) is 0 Å². The van der Waals surface area contributed by atoms with E-state index < -0.39 is 0 Å². The van der Waals surface area contributed by atoms with Crippen LogP contribution in [0.1, 0.15) is 0 Å². The summed E-state index contributed by atoms with van der Waals surface area (Å²) in [5, 5.41) is 13.7. The fourth-order valence-electron chi connectivity index (χ4n) is 1.84. The molecule has 3 rings (SSSR count). The lowest BCUT2D eigenvalue weighted by atomic mass is 10.2. The summed E-state index contributed by atoms with van der Waals surface area (Å²) in [4.78, 5) is 0. The molecule has 0 aliphatic heterocycles. The molecule has 2 aromatic carbocycles. The van der Waals surface area contributed by atoms with Crippen LogP contribution in [0.2, 0.25) is 5.02 Å². The molecule has 0 fully saturated rings. The first-order valence-electron chi connectivity index (χ1n) is 6.36. The van der Waals surface area contributed by atoms with Crippen molar-refractivity contribution in [1.82, 2.24) is 10.2 Å². The van der Waals surface area contributed by atoms with Crippen LogP contribution in [0.15, 0.2) is 46.9 Å². The molecular formula is C15H11BrClN3OS. The minimum atomic E-state index is 0.641. The minimum absolute atomic E-state index is 0.641. The summed E-state index contributed by atoms with van der Waals surface area (Å²) in [6.45, 7) is 0. The Morgan fingerprint density at radius 1 is 1.18 bits per heavy atom. The van der Waals surface area contributed by atoms with E-state index in [9.17, 15) is 0 Å². The van der Waals surface area contributed by atoms with Crippen molar-refractivity contribution in [3.05, 3.63) is 52.0 Å². The number of aromatic nitrogens is 2. The van der Waals surface area contributed by atoms with Gasteiger partial charge in [-0.1, -0.05) is 35.1 Å². The van der Waals surface area contributed by atoms with E-state index in [2.05, 4.69) is 31.4 Å². The van der Waals surface area contributed by atoms with Gasteiger partial charge in [-0.2, -0.15) is 0 Å². The van der Waals surface area contributed by atoms with E-state index in [0.29, 0.717) is 10.2 Å². The van der Waals surface area contributed by atoms with Gasteiger partial charge in [0.2, 0.25) is 5.13 Å². The highest BCUT2D eigenvalue weighted by atomic mass is 79.9. The average molecular weight is 397 g/mol. The van der Waals surface area contributed by atoms with Crippen molar-refractivity contribution in [2.75, 3.05) is 12.4 Å². The molecule has 1 N–H and O–H groups in total. The maximum absolute atomic E-state index is 6.08. The van der Waals surface area contributed by atoms with Crippen LogP contribution in [0.3, 0.4) is 0 Å². The number of nitrogens with zero attached hydrogens (tertiary/aromatic N) is 2. The molecule has 112 valence electrons. The minimum Gasteiger partial charge on any atom is -0.497 e. The number of hydrogen-bond acceptors (Lipinski definition) is 5. The third kappa shape index (κ3) is 3.40. The zero-order chi connectivity index (χ0) is 15.5. The van der Waals surface area contributed by atoms with E-state index in [1.54, 1.807) is 7.11 Å². The molecule has 0 saturated carbocycles. The highest BCUT2D eigenvalue weighted by Crippen LogP contribution is 2.32. The van der Waals surface area contributed by atoms with Crippen molar-refractivity contribution in [3.8, 4) is 16.3 Å². The smallest absolute Gasteiger partial charge is 0.210 e. The molecule has 0 bridgehead atoms. The Balaban J connectivity index is 1.82. The molecule has 3 aromatic rings. The molecule has 0 aliphatic carbocycles. The predicted octanol–water partition coefficient (Wildman–Crippen LogP) is 5.37. The summed E-state index contributed by atoms with van der Waals surface area (Å²) in [5.41, 5.74) is 1.83. The van der Waals surface area contributed by atoms with Crippen molar-refractivity contribution < 1.29 is 4.74 Å². The summed E-state index contributed by atoms with van der Waals surface area (Å²) in [6, 6.07) is 13.4. The van der Waals surface area contributed by atoms with Crippen molar-refractivity contribution in [2.24, 2.45) is 0 Å². The van der Waals surface area contributed by atoms with Gasteiger partial charge in [0.15, 0.2) is 0 Å². The first-order chi connectivity index (χ1) is 10.7. The van der Waals surface area contributed by atoms with Crippen molar-refractivity contribution in [1.29, 1.82) is 0 Å². The molecule has 7 heteroatoms. The molecule has 22 heavy (non-hydrogen) atoms. The van der Waals surface area contributed by atoms with Crippen molar-refractivity contribution in [3.63, 3.8) is 0 Å². The van der Waals surface area contributed by atoms with Crippen LogP contribution in [0, 0.1) is 0 Å². The van der Waals surface area contributed by atoms with Gasteiger partial charge in [0, 0.05) is 15.7 Å². The molecule has 0 unspecified atom stereocenters. The Hall–Kier alpha value is -1.63. The van der Waals surface area contributed by atoms with Crippen LogP contribution >= 0.6 is 38.9 Å². The number of ether oxygens (including phenoxy) is 1. The second-order valence-corrected chi connectivity index (χ2v) is 6.64. The van der Waals surface area contributed by atoms with E-state index in [0.717, 1.165) is 26.5 Å². The number of anilines is 2. The molecule has 0 amide bonds. The van der Waals surface area contributed by atoms with Gasteiger partial charge < -0.3 is 10.1 Å². The normalized spacial score (nSPS) is 10.5. The number of methoxy groups -OCH3 is 1. The summed E-state index contributed by atoms with van der Waals surface area (Å²) in [7, 11) is 1.64. The Morgan fingerprint density at radius 2 is 2.05 bits per heavy atom. The number of halogens is 2. The fraction of sp³-hybridized carbons (Fsp3) is 0.0667. The van der Waals surface area contributed by atoms with Crippen molar-refractivity contribution >= 4 is 49.7 Å². The summed E-state index contributed by atoms with van der Waals surface area (Å²) < 4.78 is 6.08. The van der Waals surface area contributed by atoms with Gasteiger partial charge in [0.25, 0.3) is 0 Å². The molecule has 1 aromatic heterocycles. The third-order valence-corrected chi connectivity index (χ3v) is 5.03. The lowest BCUT2D eigenvalue weighted by Gasteiger charge is -2.03. The molecular weight excluding hydrogens is 386 g/mol. The first-order valence-corrected chi connectivity index (χ1v) is 8.34. The fourth-order valence-corrected chi connectivity index (χ4v) is 3.03. The molecule has 4 nitrogen and oxygen atoms in total. The average Bonchev–Trinajstić information content (AvgIpc) is 2.99. The molecule has 0 aliphatic rings. The summed E-state index contributed by atoms with van der Waals surface area (Å²) >= 11 is 10.9. The highest BCUT2D eigenvalue weighted by molar-refractivity contribution is 9.10. The molecule has 0 spiro atoms. The number of nitrogens with one attached hydrogen (secondary N) is 1. The third-order valence-electron chi connectivity index (χ3n) is 2.91. The van der Waals surface area contributed by atoms with Crippen LogP contribution < -0.4 is 10.1 Å². The number of rotatable bonds is 4. The summed E-state index contributed by atoms with van der Waals surface area (Å²) in [5.74, 6) is 0.793. The largest absolute Gasteiger partial charge is 0.497 e. The zero-order valence-corrected chi connectivity index (χ0v) is 14.7. The monoisotopic (exact) mass is 395 g/mol. The first kappa shape index (κ1) is 15.3. The molecule has 0 atom stereocenters. The predicted molar refractivity (Wildman–Crippen MR) is 94.3 cm³/mol. The Kier molecular flexibility index (Phi) is 4.61.